The molecular formula is C15H12N4O6. The first-order valence-electron chi connectivity index (χ1n) is 6.90. The second-order valence-corrected chi connectivity index (χ2v) is 4.79. The Kier molecular flexibility index (Phi) is 5.03. The van der Waals surface area contributed by atoms with Crippen molar-refractivity contribution < 1.29 is 19.4 Å². The molecule has 0 aliphatic rings. The number of benzene rings is 2. The van der Waals surface area contributed by atoms with Crippen LogP contribution in [0.3, 0.4) is 0 Å². The Bertz CT molecular complexity index is 880. The lowest BCUT2D eigenvalue weighted by Crippen LogP contribution is -2.21. The first-order valence-corrected chi connectivity index (χ1v) is 6.90. The minimum atomic E-state index is -0.882. The fourth-order valence-corrected chi connectivity index (χ4v) is 2.09. The number of carbonyl (C=O) groups is 2. The molecule has 0 unspecified atom stereocenters. The van der Waals surface area contributed by atoms with E-state index in [1.54, 1.807) is 12.1 Å². The summed E-state index contributed by atoms with van der Waals surface area (Å²) in [4.78, 5) is 44.3. The van der Waals surface area contributed by atoms with Crippen LogP contribution in [0.25, 0.3) is 0 Å². The number of hydrogen-bond acceptors (Lipinski definition) is 6. The predicted octanol–water partition coefficient (Wildman–Crippen LogP) is 2.11. The SMILES string of the molecule is CNC(=O)c1ccccc1NC(=O)c1ccc([N+](=O)[O-])cc1[N+](=O)[O-]. The van der Waals surface area contributed by atoms with Crippen molar-refractivity contribution in [2.24, 2.45) is 0 Å². The maximum Gasteiger partial charge on any atom is 0.289 e. The fourth-order valence-electron chi connectivity index (χ4n) is 2.09. The van der Waals surface area contributed by atoms with Crippen molar-refractivity contribution in [2.75, 3.05) is 12.4 Å². The van der Waals surface area contributed by atoms with Crippen LogP contribution in [-0.2, 0) is 0 Å². The Hall–Kier alpha value is -3.82. The summed E-state index contributed by atoms with van der Waals surface area (Å²) in [5.41, 5.74) is -1.25. The van der Waals surface area contributed by atoms with Crippen molar-refractivity contribution in [2.45, 2.75) is 0 Å². The first kappa shape index (κ1) is 17.5. The molecule has 2 amide bonds. The molecule has 0 heterocycles. The first-order chi connectivity index (χ1) is 11.8. The summed E-state index contributed by atoms with van der Waals surface area (Å²) in [6.45, 7) is 0. The number of nitrogens with one attached hydrogen (secondary N) is 2. The third-order valence-electron chi connectivity index (χ3n) is 3.28. The highest BCUT2D eigenvalue weighted by Crippen LogP contribution is 2.26. The normalized spacial score (nSPS) is 9.96. The quantitative estimate of drug-likeness (QED) is 0.627. The van der Waals surface area contributed by atoms with Crippen LogP contribution in [0.5, 0.6) is 0 Å². The van der Waals surface area contributed by atoms with E-state index in [1.165, 1.54) is 19.2 Å². The molecule has 0 saturated carbocycles. The second-order valence-electron chi connectivity index (χ2n) is 4.79. The number of rotatable bonds is 5. The van der Waals surface area contributed by atoms with Gasteiger partial charge in [0.2, 0.25) is 0 Å². The average Bonchev–Trinajstić information content (AvgIpc) is 2.60. The number of nitrogens with zero attached hydrogens (tertiary/aromatic N) is 2. The molecule has 10 nitrogen and oxygen atoms in total. The number of anilines is 1. The lowest BCUT2D eigenvalue weighted by molar-refractivity contribution is -0.394. The molecule has 2 aromatic rings. The smallest absolute Gasteiger partial charge is 0.289 e. The molecule has 0 aromatic heterocycles. The maximum atomic E-state index is 12.4. The van der Waals surface area contributed by atoms with Gasteiger partial charge < -0.3 is 10.6 Å². The number of non-ortho nitro benzene ring substituents is 1. The lowest BCUT2D eigenvalue weighted by atomic mass is 10.1. The molecule has 2 N–H and O–H groups in total. The molecule has 0 bridgehead atoms. The van der Waals surface area contributed by atoms with Gasteiger partial charge in [0.1, 0.15) is 5.56 Å². The van der Waals surface area contributed by atoms with Gasteiger partial charge in [0.05, 0.1) is 27.2 Å². The Balaban J connectivity index is 2.41. The van der Waals surface area contributed by atoms with E-state index in [9.17, 15) is 29.8 Å². The van der Waals surface area contributed by atoms with Crippen molar-refractivity contribution in [3.63, 3.8) is 0 Å². The van der Waals surface area contributed by atoms with Crippen LogP contribution >= 0.6 is 0 Å². The van der Waals surface area contributed by atoms with Gasteiger partial charge >= 0.3 is 0 Å². The van der Waals surface area contributed by atoms with Gasteiger partial charge in [-0.3, -0.25) is 29.8 Å². The summed E-state index contributed by atoms with van der Waals surface area (Å²) >= 11 is 0. The minimum Gasteiger partial charge on any atom is -0.355 e. The molecule has 2 rings (SSSR count). The van der Waals surface area contributed by atoms with E-state index >= 15 is 0 Å². The van der Waals surface area contributed by atoms with Crippen molar-refractivity contribution >= 4 is 28.9 Å². The summed E-state index contributed by atoms with van der Waals surface area (Å²) in [5.74, 6) is -1.31. The van der Waals surface area contributed by atoms with Gasteiger partial charge in [-0.15, -0.1) is 0 Å². The van der Waals surface area contributed by atoms with Crippen LogP contribution in [0, 0.1) is 20.2 Å². The zero-order chi connectivity index (χ0) is 18.6. The third kappa shape index (κ3) is 3.75. The van der Waals surface area contributed by atoms with Gasteiger partial charge in [0.25, 0.3) is 23.2 Å². The van der Waals surface area contributed by atoms with Gasteiger partial charge in [-0.25, -0.2) is 0 Å². The molecule has 128 valence electrons. The number of carbonyl (C=O) groups excluding carboxylic acids is 2. The van der Waals surface area contributed by atoms with Gasteiger partial charge in [-0.2, -0.15) is 0 Å². The fraction of sp³-hybridized carbons (Fsp3) is 0.0667. The molecule has 0 aliphatic heterocycles. The van der Waals surface area contributed by atoms with E-state index in [-0.39, 0.29) is 16.8 Å². The van der Waals surface area contributed by atoms with E-state index in [1.807, 2.05) is 0 Å². The summed E-state index contributed by atoms with van der Waals surface area (Å²) in [6, 6.07) is 8.79. The van der Waals surface area contributed by atoms with Crippen molar-refractivity contribution in [3.05, 3.63) is 73.8 Å². The largest absolute Gasteiger partial charge is 0.355 e. The maximum absolute atomic E-state index is 12.4. The van der Waals surface area contributed by atoms with Crippen molar-refractivity contribution in [1.82, 2.24) is 5.32 Å². The molecule has 25 heavy (non-hydrogen) atoms. The number of para-hydroxylation sites is 1. The second kappa shape index (κ2) is 7.17. The molecule has 2 aromatic carbocycles. The lowest BCUT2D eigenvalue weighted by Gasteiger charge is -2.10. The number of nitro benzene ring substituents is 2. The van der Waals surface area contributed by atoms with Crippen molar-refractivity contribution in [3.8, 4) is 0 Å². The van der Waals surface area contributed by atoms with Crippen LogP contribution in [0.1, 0.15) is 20.7 Å². The zero-order valence-electron chi connectivity index (χ0n) is 12.9. The van der Waals surface area contributed by atoms with E-state index in [0.29, 0.717) is 6.07 Å². The van der Waals surface area contributed by atoms with E-state index < -0.39 is 33.0 Å². The molecule has 0 fully saturated rings. The van der Waals surface area contributed by atoms with Crippen LogP contribution < -0.4 is 10.6 Å². The van der Waals surface area contributed by atoms with Crippen LogP contribution in [0.15, 0.2) is 42.5 Å². The Morgan fingerprint density at radius 1 is 0.920 bits per heavy atom. The number of hydrogen-bond donors (Lipinski definition) is 2. The third-order valence-corrected chi connectivity index (χ3v) is 3.28. The highest BCUT2D eigenvalue weighted by atomic mass is 16.6. The molecular weight excluding hydrogens is 332 g/mol. The summed E-state index contributed by atoms with van der Waals surface area (Å²) in [7, 11) is 1.42. The Morgan fingerprint density at radius 2 is 1.60 bits per heavy atom. The Morgan fingerprint density at radius 3 is 2.20 bits per heavy atom. The standard InChI is InChI=1S/C15H12N4O6/c1-16-14(20)10-4-2-3-5-12(10)17-15(21)11-7-6-9(18(22)23)8-13(11)19(24)25/h2-8H,1H3,(H,16,20)(H,17,21). The van der Waals surface area contributed by atoms with Gasteiger partial charge in [0, 0.05) is 13.1 Å². The topological polar surface area (TPSA) is 144 Å². The summed E-state index contributed by atoms with van der Waals surface area (Å²) in [5, 5.41) is 26.7. The van der Waals surface area contributed by atoms with Crippen molar-refractivity contribution in [1.29, 1.82) is 0 Å². The van der Waals surface area contributed by atoms with Gasteiger partial charge in [0.15, 0.2) is 0 Å². The predicted molar refractivity (Wildman–Crippen MR) is 87.5 cm³/mol. The minimum absolute atomic E-state index is 0.152. The molecule has 10 heteroatoms. The van der Waals surface area contributed by atoms with Gasteiger partial charge in [-0.1, -0.05) is 12.1 Å². The molecule has 0 radical (unpaired) electrons. The Labute approximate surface area is 140 Å². The van der Waals surface area contributed by atoms with E-state index in [0.717, 1.165) is 12.1 Å². The summed E-state index contributed by atoms with van der Waals surface area (Å²) in [6.07, 6.45) is 0. The summed E-state index contributed by atoms with van der Waals surface area (Å²) < 4.78 is 0. The van der Waals surface area contributed by atoms with Gasteiger partial charge in [-0.05, 0) is 18.2 Å². The molecule has 0 atom stereocenters. The zero-order valence-corrected chi connectivity index (χ0v) is 12.9. The monoisotopic (exact) mass is 344 g/mol. The van der Waals surface area contributed by atoms with Crippen LogP contribution in [0.4, 0.5) is 17.1 Å². The van der Waals surface area contributed by atoms with E-state index in [2.05, 4.69) is 10.6 Å². The molecule has 0 saturated heterocycles. The number of nitro groups is 2. The molecule has 0 spiro atoms. The van der Waals surface area contributed by atoms with Crippen LogP contribution in [-0.4, -0.2) is 28.7 Å². The highest BCUT2D eigenvalue weighted by Gasteiger charge is 2.25. The van der Waals surface area contributed by atoms with Crippen LogP contribution in [0.2, 0.25) is 0 Å². The van der Waals surface area contributed by atoms with E-state index in [4.69, 9.17) is 0 Å². The number of amides is 2. The average molecular weight is 344 g/mol. The highest BCUT2D eigenvalue weighted by molar-refractivity contribution is 6.10. The molecule has 0 aliphatic carbocycles.